The zero-order valence-electron chi connectivity index (χ0n) is 9.32. The van der Waals surface area contributed by atoms with Crippen molar-refractivity contribution in [2.24, 2.45) is 0 Å². The molecule has 1 atom stereocenters. The first kappa shape index (κ1) is 9.97. The van der Waals surface area contributed by atoms with Crippen molar-refractivity contribution in [3.8, 4) is 11.5 Å². The van der Waals surface area contributed by atoms with Crippen LogP contribution in [0.1, 0.15) is 12.8 Å². The summed E-state index contributed by atoms with van der Waals surface area (Å²) in [6.07, 6.45) is 2.80. The van der Waals surface area contributed by atoms with Crippen LogP contribution in [-0.4, -0.2) is 37.2 Å². The molecule has 16 heavy (non-hydrogen) atoms. The van der Waals surface area contributed by atoms with Crippen molar-refractivity contribution in [1.29, 1.82) is 0 Å². The molecule has 0 bridgehead atoms. The average molecular weight is 218 g/mol. The molecule has 1 radical (unpaired) electrons. The molecular formula is C13H16NO2. The van der Waals surface area contributed by atoms with Crippen LogP contribution < -0.4 is 9.47 Å². The van der Waals surface area contributed by atoms with Crippen LogP contribution in [0.2, 0.25) is 0 Å². The lowest BCUT2D eigenvalue weighted by atomic mass is 10.2. The molecule has 2 aliphatic rings. The molecule has 1 saturated heterocycles. The van der Waals surface area contributed by atoms with Gasteiger partial charge in [0.2, 0.25) is 0 Å². The van der Waals surface area contributed by atoms with Crippen molar-refractivity contribution in [2.45, 2.75) is 18.9 Å². The number of hydrogen-bond donors (Lipinski definition) is 0. The maximum atomic E-state index is 5.90. The van der Waals surface area contributed by atoms with E-state index in [2.05, 4.69) is 11.0 Å². The van der Waals surface area contributed by atoms with Crippen molar-refractivity contribution < 1.29 is 9.47 Å². The molecule has 3 rings (SSSR count). The highest BCUT2D eigenvalue weighted by Crippen LogP contribution is 2.30. The Morgan fingerprint density at radius 2 is 2.19 bits per heavy atom. The van der Waals surface area contributed by atoms with Gasteiger partial charge in [-0.15, -0.1) is 0 Å². The predicted octanol–water partition coefficient (Wildman–Crippen LogP) is 1.72. The Kier molecular flexibility index (Phi) is 2.70. The monoisotopic (exact) mass is 218 g/mol. The third kappa shape index (κ3) is 2.00. The Balaban J connectivity index is 1.63. The SMILES string of the molecule is [c]1ccc2c(c1)OC(CN1CCCC1)CO2. The van der Waals surface area contributed by atoms with Crippen molar-refractivity contribution in [1.82, 2.24) is 4.90 Å². The van der Waals surface area contributed by atoms with E-state index in [4.69, 9.17) is 9.47 Å². The maximum Gasteiger partial charge on any atom is 0.162 e. The van der Waals surface area contributed by atoms with Gasteiger partial charge in [0.25, 0.3) is 0 Å². The third-order valence-electron chi connectivity index (χ3n) is 3.17. The van der Waals surface area contributed by atoms with Crippen LogP contribution in [0.5, 0.6) is 11.5 Å². The Morgan fingerprint density at radius 3 is 3.06 bits per heavy atom. The molecule has 1 aromatic rings. The van der Waals surface area contributed by atoms with Crippen LogP contribution >= 0.6 is 0 Å². The molecule has 0 spiro atoms. The fourth-order valence-corrected chi connectivity index (χ4v) is 2.35. The summed E-state index contributed by atoms with van der Waals surface area (Å²) in [6, 6.07) is 8.62. The largest absolute Gasteiger partial charge is 0.486 e. The molecule has 2 aliphatic heterocycles. The van der Waals surface area contributed by atoms with E-state index in [1.54, 1.807) is 0 Å². The van der Waals surface area contributed by atoms with Gasteiger partial charge in [-0.1, -0.05) is 6.07 Å². The summed E-state index contributed by atoms with van der Waals surface area (Å²) in [5, 5.41) is 0. The van der Waals surface area contributed by atoms with Gasteiger partial charge in [0.1, 0.15) is 12.7 Å². The van der Waals surface area contributed by atoms with Crippen molar-refractivity contribution in [2.75, 3.05) is 26.2 Å². The number of ether oxygens (including phenoxy) is 2. The second-order valence-corrected chi connectivity index (χ2v) is 4.43. The van der Waals surface area contributed by atoms with Crippen LogP contribution in [0.4, 0.5) is 0 Å². The summed E-state index contributed by atoms with van der Waals surface area (Å²) in [4.78, 5) is 2.45. The molecule has 1 fully saturated rings. The minimum absolute atomic E-state index is 0.168. The van der Waals surface area contributed by atoms with E-state index >= 15 is 0 Å². The summed E-state index contributed by atoms with van der Waals surface area (Å²) in [5.41, 5.74) is 0. The molecule has 0 saturated carbocycles. The van der Waals surface area contributed by atoms with E-state index in [1.165, 1.54) is 25.9 Å². The number of rotatable bonds is 2. The summed E-state index contributed by atoms with van der Waals surface area (Å²) < 4.78 is 11.6. The molecule has 3 nitrogen and oxygen atoms in total. The lowest BCUT2D eigenvalue weighted by Crippen LogP contribution is -2.39. The lowest BCUT2D eigenvalue weighted by Gasteiger charge is -2.29. The molecule has 2 heterocycles. The van der Waals surface area contributed by atoms with Gasteiger partial charge < -0.3 is 9.47 Å². The number of benzene rings is 1. The van der Waals surface area contributed by atoms with Crippen LogP contribution in [0.15, 0.2) is 18.2 Å². The topological polar surface area (TPSA) is 21.7 Å². The smallest absolute Gasteiger partial charge is 0.162 e. The minimum atomic E-state index is 0.168. The first-order valence-corrected chi connectivity index (χ1v) is 5.94. The quantitative estimate of drug-likeness (QED) is 0.754. The summed E-state index contributed by atoms with van der Waals surface area (Å²) >= 11 is 0. The van der Waals surface area contributed by atoms with Gasteiger partial charge in [-0.2, -0.15) is 0 Å². The molecule has 0 aromatic heterocycles. The zero-order chi connectivity index (χ0) is 10.8. The molecule has 0 N–H and O–H groups in total. The molecular weight excluding hydrogens is 202 g/mol. The molecule has 85 valence electrons. The molecule has 3 heteroatoms. The van der Waals surface area contributed by atoms with Gasteiger partial charge in [0.05, 0.1) is 0 Å². The fourth-order valence-electron chi connectivity index (χ4n) is 2.35. The average Bonchev–Trinajstić information content (AvgIpc) is 2.82. The summed E-state index contributed by atoms with van der Waals surface area (Å²) in [6.45, 7) is 4.04. The van der Waals surface area contributed by atoms with Gasteiger partial charge in [-0.05, 0) is 44.1 Å². The van der Waals surface area contributed by atoms with Crippen LogP contribution in [0.25, 0.3) is 0 Å². The highest BCUT2D eigenvalue weighted by Gasteiger charge is 2.24. The van der Waals surface area contributed by atoms with Crippen LogP contribution in [0, 0.1) is 6.07 Å². The van der Waals surface area contributed by atoms with Crippen LogP contribution in [0.3, 0.4) is 0 Å². The first-order chi connectivity index (χ1) is 7.92. The second-order valence-electron chi connectivity index (χ2n) is 4.43. The Bertz CT molecular complexity index is 361. The van der Waals surface area contributed by atoms with E-state index in [0.29, 0.717) is 6.61 Å². The molecule has 0 amide bonds. The first-order valence-electron chi connectivity index (χ1n) is 5.94. The molecule has 1 aromatic carbocycles. The van der Waals surface area contributed by atoms with Crippen molar-refractivity contribution >= 4 is 0 Å². The maximum absolute atomic E-state index is 5.90. The van der Waals surface area contributed by atoms with E-state index in [-0.39, 0.29) is 6.10 Å². The number of hydrogen-bond acceptors (Lipinski definition) is 3. The predicted molar refractivity (Wildman–Crippen MR) is 60.9 cm³/mol. The van der Waals surface area contributed by atoms with Gasteiger partial charge in [0.15, 0.2) is 11.5 Å². The molecule has 0 aliphatic carbocycles. The van der Waals surface area contributed by atoms with Crippen molar-refractivity contribution in [3.63, 3.8) is 0 Å². The standard InChI is InChI=1S/C13H16NO2/c1-2-6-13-12(5-1)15-10-11(16-13)9-14-7-3-4-8-14/h1,5-6,11H,3-4,7-10H2. The Morgan fingerprint density at radius 1 is 1.31 bits per heavy atom. The Labute approximate surface area is 96.0 Å². The van der Waals surface area contributed by atoms with E-state index in [1.807, 2.05) is 18.2 Å². The van der Waals surface area contributed by atoms with E-state index in [0.717, 1.165) is 18.0 Å². The number of fused-ring (bicyclic) bond motifs is 1. The van der Waals surface area contributed by atoms with Crippen molar-refractivity contribution in [3.05, 3.63) is 24.3 Å². The van der Waals surface area contributed by atoms with E-state index in [9.17, 15) is 0 Å². The van der Waals surface area contributed by atoms with Crippen LogP contribution in [-0.2, 0) is 0 Å². The van der Waals surface area contributed by atoms with E-state index < -0.39 is 0 Å². The highest BCUT2D eigenvalue weighted by molar-refractivity contribution is 5.40. The highest BCUT2D eigenvalue weighted by atomic mass is 16.6. The number of likely N-dealkylation sites (tertiary alicyclic amines) is 1. The van der Waals surface area contributed by atoms with Gasteiger partial charge in [0, 0.05) is 6.54 Å². The van der Waals surface area contributed by atoms with Gasteiger partial charge in [-0.3, -0.25) is 4.90 Å². The number of nitrogens with zero attached hydrogens (tertiary/aromatic N) is 1. The minimum Gasteiger partial charge on any atom is -0.486 e. The molecule has 1 unspecified atom stereocenters. The van der Waals surface area contributed by atoms with Gasteiger partial charge in [-0.25, -0.2) is 0 Å². The fraction of sp³-hybridized carbons (Fsp3) is 0.538. The lowest BCUT2D eigenvalue weighted by molar-refractivity contribution is 0.0650. The normalized spacial score (nSPS) is 24.6. The Hall–Kier alpha value is -1.22. The summed E-state index contributed by atoms with van der Waals surface area (Å²) in [7, 11) is 0. The third-order valence-corrected chi connectivity index (χ3v) is 3.17. The zero-order valence-corrected chi connectivity index (χ0v) is 9.32. The van der Waals surface area contributed by atoms with Gasteiger partial charge >= 0.3 is 0 Å². The summed E-state index contributed by atoms with van der Waals surface area (Å²) in [5.74, 6) is 1.68. The second kappa shape index (κ2) is 4.34.